The molecule has 0 N–H and O–H groups in total. The first-order valence-electron chi connectivity index (χ1n) is 8.64. The lowest BCUT2D eigenvalue weighted by Gasteiger charge is -2.19. The van der Waals surface area contributed by atoms with Crippen LogP contribution in [0.4, 0.5) is 5.69 Å². The monoisotopic (exact) mass is 339 g/mol. The number of anilines is 1. The van der Waals surface area contributed by atoms with E-state index in [1.165, 1.54) is 0 Å². The number of amides is 1. The van der Waals surface area contributed by atoms with Crippen LogP contribution in [0.2, 0.25) is 0 Å². The maximum Gasteiger partial charge on any atom is 0.260 e. The van der Waals surface area contributed by atoms with Gasteiger partial charge in [-0.1, -0.05) is 18.2 Å². The highest BCUT2D eigenvalue weighted by Gasteiger charge is 2.28. The van der Waals surface area contributed by atoms with Crippen LogP contribution in [0.15, 0.2) is 42.5 Å². The van der Waals surface area contributed by atoms with Crippen molar-refractivity contribution >= 4 is 11.6 Å². The van der Waals surface area contributed by atoms with Crippen molar-refractivity contribution in [3.63, 3.8) is 0 Å². The third-order valence-electron chi connectivity index (χ3n) is 4.54. The maximum atomic E-state index is 12.4. The Kier molecular flexibility index (Phi) is 5.22. The van der Waals surface area contributed by atoms with Gasteiger partial charge in [0.05, 0.1) is 0 Å². The van der Waals surface area contributed by atoms with E-state index in [2.05, 4.69) is 22.0 Å². The number of benzene rings is 1. The predicted octanol–water partition coefficient (Wildman–Crippen LogP) is 2.85. The lowest BCUT2D eigenvalue weighted by atomic mass is 10.0. The zero-order valence-electron chi connectivity index (χ0n) is 15.1. The highest BCUT2D eigenvalue weighted by atomic mass is 16.5. The fraction of sp³-hybridized carbons (Fsp3) is 0.400. The van der Waals surface area contributed by atoms with E-state index in [4.69, 9.17) is 4.74 Å². The molecule has 0 spiro atoms. The molecule has 1 aromatic carbocycles. The zero-order chi connectivity index (χ0) is 17.8. The lowest BCUT2D eigenvalue weighted by Crippen LogP contribution is -2.32. The van der Waals surface area contributed by atoms with E-state index in [9.17, 15) is 4.79 Å². The van der Waals surface area contributed by atoms with Gasteiger partial charge in [0.2, 0.25) is 0 Å². The Labute approximate surface area is 149 Å². The zero-order valence-corrected chi connectivity index (χ0v) is 15.1. The second-order valence-corrected chi connectivity index (χ2v) is 6.71. The summed E-state index contributed by atoms with van der Waals surface area (Å²) in [5.74, 6) is 1.05. The largest absolute Gasteiger partial charge is 0.484 e. The molecule has 0 radical (unpaired) electrons. The molecule has 2 heterocycles. The maximum absolute atomic E-state index is 12.4. The minimum atomic E-state index is 0.0341. The van der Waals surface area contributed by atoms with Gasteiger partial charge < -0.3 is 14.5 Å². The first-order chi connectivity index (χ1) is 12.0. The first-order valence-corrected chi connectivity index (χ1v) is 8.64. The van der Waals surface area contributed by atoms with Gasteiger partial charge in [0.15, 0.2) is 6.61 Å². The fourth-order valence-electron chi connectivity index (χ4n) is 3.12. The molecular formula is C20H25N3O2. The van der Waals surface area contributed by atoms with E-state index in [1.54, 1.807) is 0 Å². The highest BCUT2D eigenvalue weighted by Crippen LogP contribution is 2.28. The van der Waals surface area contributed by atoms with E-state index < -0.39 is 0 Å². The quantitative estimate of drug-likeness (QED) is 0.840. The molecule has 1 amide bonds. The van der Waals surface area contributed by atoms with Gasteiger partial charge in [-0.05, 0) is 37.6 Å². The van der Waals surface area contributed by atoms with Crippen molar-refractivity contribution in [1.29, 1.82) is 0 Å². The number of likely N-dealkylation sites (tertiary alicyclic amines) is 1. The summed E-state index contributed by atoms with van der Waals surface area (Å²) >= 11 is 0. The Hall–Kier alpha value is -2.56. The molecule has 1 aromatic heterocycles. The number of hydrogen-bond donors (Lipinski definition) is 0. The van der Waals surface area contributed by atoms with Gasteiger partial charge in [0.25, 0.3) is 5.91 Å². The van der Waals surface area contributed by atoms with Crippen molar-refractivity contribution in [2.45, 2.75) is 19.3 Å². The second kappa shape index (κ2) is 7.55. The highest BCUT2D eigenvalue weighted by molar-refractivity contribution is 5.78. The molecule has 1 aliphatic heterocycles. The Balaban J connectivity index is 1.60. The smallest absolute Gasteiger partial charge is 0.260 e. The van der Waals surface area contributed by atoms with Crippen LogP contribution in [0.25, 0.3) is 0 Å². The van der Waals surface area contributed by atoms with Crippen molar-refractivity contribution in [3.05, 3.63) is 53.9 Å². The summed E-state index contributed by atoms with van der Waals surface area (Å²) < 4.78 is 5.58. The SMILES string of the molecule is Cc1cc(N(C)C)cc([C@@H]2CCN(C(=O)COc3ccccc3)C2)n1. The molecule has 1 aliphatic rings. The number of ether oxygens (including phenoxy) is 1. The minimum Gasteiger partial charge on any atom is -0.484 e. The molecule has 0 unspecified atom stereocenters. The average molecular weight is 339 g/mol. The number of pyridine rings is 1. The summed E-state index contributed by atoms with van der Waals surface area (Å²) in [5.41, 5.74) is 3.24. The number of aryl methyl sites for hydroxylation is 1. The van der Waals surface area contributed by atoms with Crippen LogP contribution in [0.3, 0.4) is 0 Å². The van der Waals surface area contributed by atoms with Crippen LogP contribution >= 0.6 is 0 Å². The summed E-state index contributed by atoms with van der Waals surface area (Å²) in [5, 5.41) is 0. The third kappa shape index (κ3) is 4.29. The second-order valence-electron chi connectivity index (χ2n) is 6.71. The van der Waals surface area contributed by atoms with Crippen molar-refractivity contribution in [1.82, 2.24) is 9.88 Å². The molecule has 0 aliphatic carbocycles. The standard InChI is InChI=1S/C20H25N3O2/c1-15-11-17(22(2)3)12-19(21-15)16-9-10-23(13-16)20(24)14-25-18-7-5-4-6-8-18/h4-8,11-12,16H,9-10,13-14H2,1-3H3/t16-/m1/s1. The van der Waals surface area contributed by atoms with E-state index in [0.29, 0.717) is 12.5 Å². The van der Waals surface area contributed by atoms with Crippen LogP contribution in [-0.4, -0.2) is 49.6 Å². The number of rotatable bonds is 5. The average Bonchev–Trinajstić information content (AvgIpc) is 3.10. The molecular weight excluding hydrogens is 314 g/mol. The van der Waals surface area contributed by atoms with Crippen molar-refractivity contribution in [3.8, 4) is 5.75 Å². The van der Waals surface area contributed by atoms with Gasteiger partial charge in [-0.25, -0.2) is 0 Å². The molecule has 0 saturated carbocycles. The van der Waals surface area contributed by atoms with Crippen LogP contribution in [0.5, 0.6) is 5.75 Å². The number of aromatic nitrogens is 1. The van der Waals surface area contributed by atoms with Gasteiger partial charge >= 0.3 is 0 Å². The molecule has 1 saturated heterocycles. The van der Waals surface area contributed by atoms with E-state index >= 15 is 0 Å². The molecule has 25 heavy (non-hydrogen) atoms. The Morgan fingerprint density at radius 1 is 1.28 bits per heavy atom. The van der Waals surface area contributed by atoms with Gasteiger partial charge in [-0.15, -0.1) is 0 Å². The van der Waals surface area contributed by atoms with Crippen LogP contribution in [0.1, 0.15) is 23.7 Å². The van der Waals surface area contributed by atoms with Crippen LogP contribution in [0, 0.1) is 6.92 Å². The van der Waals surface area contributed by atoms with Crippen molar-refractivity contribution in [2.24, 2.45) is 0 Å². The van der Waals surface area contributed by atoms with Gasteiger partial charge in [-0.3, -0.25) is 9.78 Å². The predicted molar refractivity (Wildman–Crippen MR) is 99.2 cm³/mol. The molecule has 2 aromatic rings. The van der Waals surface area contributed by atoms with Crippen LogP contribution < -0.4 is 9.64 Å². The summed E-state index contributed by atoms with van der Waals surface area (Å²) in [6.07, 6.45) is 0.945. The summed E-state index contributed by atoms with van der Waals surface area (Å²) in [7, 11) is 4.06. The van der Waals surface area contributed by atoms with Gasteiger partial charge in [0, 0.05) is 50.2 Å². The molecule has 0 bridgehead atoms. The van der Waals surface area contributed by atoms with E-state index in [-0.39, 0.29) is 12.5 Å². The van der Waals surface area contributed by atoms with Gasteiger partial charge in [-0.2, -0.15) is 0 Å². The number of hydrogen-bond acceptors (Lipinski definition) is 4. The normalized spacial score (nSPS) is 16.8. The molecule has 3 rings (SSSR count). The van der Waals surface area contributed by atoms with Crippen molar-refractivity contribution < 1.29 is 9.53 Å². The number of carbonyl (C=O) groups is 1. The Bertz CT molecular complexity index is 731. The minimum absolute atomic E-state index is 0.0341. The Morgan fingerprint density at radius 2 is 2.04 bits per heavy atom. The number of nitrogens with zero attached hydrogens (tertiary/aromatic N) is 3. The van der Waals surface area contributed by atoms with Crippen LogP contribution in [-0.2, 0) is 4.79 Å². The topological polar surface area (TPSA) is 45.7 Å². The third-order valence-corrected chi connectivity index (χ3v) is 4.54. The number of para-hydroxylation sites is 1. The molecule has 1 atom stereocenters. The number of carbonyl (C=O) groups excluding carboxylic acids is 1. The molecule has 1 fully saturated rings. The van der Waals surface area contributed by atoms with Crippen molar-refractivity contribution in [2.75, 3.05) is 38.7 Å². The van der Waals surface area contributed by atoms with Gasteiger partial charge in [0.1, 0.15) is 5.75 Å². The fourth-order valence-corrected chi connectivity index (χ4v) is 3.12. The first kappa shape index (κ1) is 17.3. The summed E-state index contributed by atoms with van der Waals surface area (Å²) in [6, 6.07) is 13.7. The summed E-state index contributed by atoms with van der Waals surface area (Å²) in [6.45, 7) is 3.57. The van der Waals surface area contributed by atoms with E-state index in [0.717, 1.165) is 35.8 Å². The Morgan fingerprint density at radius 3 is 2.76 bits per heavy atom. The molecule has 132 valence electrons. The lowest BCUT2D eigenvalue weighted by molar-refractivity contribution is -0.132. The molecule has 5 nitrogen and oxygen atoms in total. The molecule has 5 heteroatoms. The van der Waals surface area contributed by atoms with E-state index in [1.807, 2.05) is 56.3 Å². The summed E-state index contributed by atoms with van der Waals surface area (Å²) in [4.78, 5) is 21.1.